The van der Waals surface area contributed by atoms with Crippen molar-refractivity contribution < 1.29 is 24.2 Å². The summed E-state index contributed by atoms with van der Waals surface area (Å²) < 4.78 is 5.64. The van der Waals surface area contributed by atoms with Crippen LogP contribution < -0.4 is 9.64 Å². The average molecular weight is 506 g/mol. The first-order chi connectivity index (χ1) is 17.8. The number of amides is 2. The smallest absolute Gasteiger partial charge is 0.296 e. The first-order valence-corrected chi connectivity index (χ1v) is 12.9. The molecule has 1 fully saturated rings. The second-order valence-corrected chi connectivity index (χ2v) is 9.72. The van der Waals surface area contributed by atoms with Crippen LogP contribution >= 0.6 is 0 Å². The van der Waals surface area contributed by atoms with E-state index in [1.807, 2.05) is 45.0 Å². The summed E-state index contributed by atoms with van der Waals surface area (Å²) in [5.74, 6) is -1.74. The number of fused-ring (bicyclic) bond motifs is 2. The lowest BCUT2D eigenvalue weighted by Crippen LogP contribution is -2.52. The molecule has 2 aromatic carbocycles. The molecular weight excluding hydrogens is 470 g/mol. The van der Waals surface area contributed by atoms with Gasteiger partial charge >= 0.3 is 0 Å². The van der Waals surface area contributed by atoms with Gasteiger partial charge in [-0.05, 0) is 70.2 Å². The van der Waals surface area contributed by atoms with Crippen LogP contribution in [0.4, 0.5) is 5.69 Å². The Balaban J connectivity index is 1.92. The van der Waals surface area contributed by atoms with Gasteiger partial charge in [0.05, 0.1) is 17.9 Å². The molecule has 1 saturated heterocycles. The van der Waals surface area contributed by atoms with E-state index in [1.165, 1.54) is 4.90 Å². The maximum Gasteiger partial charge on any atom is 0.296 e. The Hall–Kier alpha value is -3.65. The second-order valence-electron chi connectivity index (χ2n) is 9.72. The van der Waals surface area contributed by atoms with Gasteiger partial charge in [0.2, 0.25) is 0 Å². The number of ether oxygens (including phenoxy) is 1. The molecule has 1 spiro atoms. The summed E-state index contributed by atoms with van der Waals surface area (Å²) in [7, 11) is 3.85. The Morgan fingerprint density at radius 1 is 0.973 bits per heavy atom. The molecule has 37 heavy (non-hydrogen) atoms. The van der Waals surface area contributed by atoms with Crippen LogP contribution in [0.25, 0.3) is 5.76 Å². The number of carbonyl (C=O) groups excluding carboxylic acids is 3. The van der Waals surface area contributed by atoms with Crippen molar-refractivity contribution in [2.45, 2.75) is 38.6 Å². The second kappa shape index (κ2) is 10.8. The number of hydrogen-bond donors (Lipinski definition) is 1. The highest BCUT2D eigenvalue weighted by Crippen LogP contribution is 2.53. The van der Waals surface area contributed by atoms with Gasteiger partial charge in [-0.25, -0.2) is 0 Å². The third kappa shape index (κ3) is 4.39. The third-order valence-electron chi connectivity index (χ3n) is 6.84. The first-order valence-electron chi connectivity index (χ1n) is 12.9. The number of aliphatic hydroxyl groups excluding tert-OH is 1. The molecule has 2 aromatic rings. The molecule has 196 valence electrons. The van der Waals surface area contributed by atoms with Crippen molar-refractivity contribution in [3.05, 3.63) is 65.2 Å². The number of anilines is 1. The molecule has 1 N–H and O–H groups in total. The van der Waals surface area contributed by atoms with Crippen molar-refractivity contribution in [1.82, 2.24) is 9.80 Å². The highest BCUT2D eigenvalue weighted by Gasteiger charge is 2.66. The van der Waals surface area contributed by atoms with Gasteiger partial charge in [0, 0.05) is 24.2 Å². The highest BCUT2D eigenvalue weighted by molar-refractivity contribution is 6.50. The van der Waals surface area contributed by atoms with Crippen LogP contribution in [-0.2, 0) is 19.9 Å². The standard InChI is InChI=1S/C29H35N3O5/c1-5-16-31-23-11-8-7-10-22(23)29(28(31)36)24(26(34)27(35)32(29)18-9-17-30(3)4)25(33)20-12-14-21(15-13-20)37-19-6-2/h7-8,10-15,33H,5-6,9,16-19H2,1-4H3/b25-24-/t29-/m0/s1. The van der Waals surface area contributed by atoms with Crippen molar-refractivity contribution in [3.63, 3.8) is 0 Å². The molecule has 0 saturated carbocycles. The van der Waals surface area contributed by atoms with E-state index in [2.05, 4.69) is 0 Å². The fourth-order valence-electron chi connectivity index (χ4n) is 5.23. The number of Topliss-reactive ketones (excluding diaryl/α,β-unsaturated/α-hetero) is 1. The van der Waals surface area contributed by atoms with Crippen LogP contribution in [0.5, 0.6) is 5.75 Å². The molecule has 2 aliphatic heterocycles. The zero-order valence-corrected chi connectivity index (χ0v) is 22.0. The lowest BCUT2D eigenvalue weighted by Gasteiger charge is -2.34. The Morgan fingerprint density at radius 2 is 1.68 bits per heavy atom. The van der Waals surface area contributed by atoms with Crippen LogP contribution in [0.15, 0.2) is 54.1 Å². The molecule has 2 amide bonds. The first kappa shape index (κ1) is 26.4. The molecule has 0 unspecified atom stereocenters. The van der Waals surface area contributed by atoms with Crippen LogP contribution in [0.1, 0.15) is 44.2 Å². The van der Waals surface area contributed by atoms with Crippen LogP contribution in [0.2, 0.25) is 0 Å². The molecule has 2 aliphatic rings. The fourth-order valence-corrected chi connectivity index (χ4v) is 5.23. The topological polar surface area (TPSA) is 90.4 Å². The zero-order chi connectivity index (χ0) is 26.7. The molecule has 4 rings (SSSR count). The van der Waals surface area contributed by atoms with E-state index in [1.54, 1.807) is 41.3 Å². The quantitative estimate of drug-likeness (QED) is 0.300. The van der Waals surface area contributed by atoms with E-state index in [-0.39, 0.29) is 23.8 Å². The van der Waals surface area contributed by atoms with E-state index in [9.17, 15) is 19.5 Å². The highest BCUT2D eigenvalue weighted by atomic mass is 16.5. The van der Waals surface area contributed by atoms with E-state index >= 15 is 0 Å². The van der Waals surface area contributed by atoms with Crippen LogP contribution in [-0.4, -0.2) is 72.8 Å². The van der Waals surface area contributed by atoms with Gasteiger partial charge in [-0.15, -0.1) is 0 Å². The molecule has 0 radical (unpaired) electrons. The van der Waals surface area contributed by atoms with Crippen molar-refractivity contribution in [1.29, 1.82) is 0 Å². The average Bonchev–Trinajstić information content (AvgIpc) is 3.26. The lowest BCUT2D eigenvalue weighted by atomic mass is 9.82. The minimum Gasteiger partial charge on any atom is -0.507 e. The predicted molar refractivity (Wildman–Crippen MR) is 142 cm³/mol. The van der Waals surface area contributed by atoms with Crippen LogP contribution in [0, 0.1) is 0 Å². The summed E-state index contributed by atoms with van der Waals surface area (Å²) in [5, 5.41) is 11.6. The summed E-state index contributed by atoms with van der Waals surface area (Å²) in [6, 6.07) is 13.9. The number of rotatable bonds is 10. The minimum absolute atomic E-state index is 0.180. The Kier molecular flexibility index (Phi) is 7.68. The SMILES string of the molecule is CCCOc1ccc(/C(O)=C2\C(=O)C(=O)N(CCCN(C)C)[C@]23C(=O)N(CCC)c2ccccc23)cc1. The van der Waals surface area contributed by atoms with Crippen molar-refractivity contribution in [3.8, 4) is 5.75 Å². The Labute approximate surface area is 218 Å². The van der Waals surface area contributed by atoms with E-state index in [0.29, 0.717) is 55.1 Å². The van der Waals surface area contributed by atoms with Crippen molar-refractivity contribution in [2.24, 2.45) is 0 Å². The molecule has 2 heterocycles. The molecular formula is C29H35N3O5. The zero-order valence-electron chi connectivity index (χ0n) is 22.0. The fraction of sp³-hybridized carbons (Fsp3) is 0.414. The van der Waals surface area contributed by atoms with E-state index < -0.39 is 17.2 Å². The summed E-state index contributed by atoms with van der Waals surface area (Å²) in [4.78, 5) is 46.4. The van der Waals surface area contributed by atoms with Gasteiger partial charge in [0.25, 0.3) is 17.6 Å². The molecule has 8 heteroatoms. The predicted octanol–water partition coefficient (Wildman–Crippen LogP) is 3.76. The van der Waals surface area contributed by atoms with E-state index in [4.69, 9.17) is 4.74 Å². The number of nitrogens with zero attached hydrogens (tertiary/aromatic N) is 3. The lowest BCUT2D eigenvalue weighted by molar-refractivity contribution is -0.143. The normalized spacial score (nSPS) is 20.4. The number of carbonyl (C=O) groups is 3. The van der Waals surface area contributed by atoms with Gasteiger partial charge in [-0.1, -0.05) is 32.0 Å². The maximum atomic E-state index is 14.3. The molecule has 0 bridgehead atoms. The minimum atomic E-state index is -1.71. The summed E-state index contributed by atoms with van der Waals surface area (Å²) in [6.45, 7) is 5.84. The number of hydrogen-bond acceptors (Lipinski definition) is 6. The van der Waals surface area contributed by atoms with Gasteiger partial charge in [0.1, 0.15) is 11.5 Å². The van der Waals surface area contributed by atoms with Crippen molar-refractivity contribution in [2.75, 3.05) is 45.2 Å². The number of benzene rings is 2. The Bertz CT molecular complexity index is 1220. The summed E-state index contributed by atoms with van der Waals surface area (Å²) in [6.07, 6.45) is 2.12. The van der Waals surface area contributed by atoms with Gasteiger partial charge in [-0.3, -0.25) is 14.4 Å². The molecule has 1 atom stereocenters. The third-order valence-corrected chi connectivity index (χ3v) is 6.84. The monoisotopic (exact) mass is 505 g/mol. The number of aliphatic hydroxyl groups is 1. The molecule has 8 nitrogen and oxygen atoms in total. The largest absolute Gasteiger partial charge is 0.507 e. The summed E-state index contributed by atoms with van der Waals surface area (Å²) in [5.41, 5.74) is -0.354. The number of likely N-dealkylation sites (tertiary alicyclic amines) is 1. The maximum absolute atomic E-state index is 14.3. The number of para-hydroxylation sites is 1. The van der Waals surface area contributed by atoms with Crippen LogP contribution in [0.3, 0.4) is 0 Å². The van der Waals surface area contributed by atoms with Gasteiger partial charge in [0.15, 0.2) is 5.54 Å². The van der Waals surface area contributed by atoms with Gasteiger partial charge < -0.3 is 24.5 Å². The number of ketones is 1. The van der Waals surface area contributed by atoms with Crippen molar-refractivity contribution >= 4 is 29.0 Å². The molecule has 0 aliphatic carbocycles. The Morgan fingerprint density at radius 3 is 2.32 bits per heavy atom. The van der Waals surface area contributed by atoms with Gasteiger partial charge in [-0.2, -0.15) is 0 Å². The molecule has 0 aromatic heterocycles. The summed E-state index contributed by atoms with van der Waals surface area (Å²) >= 11 is 0. The van der Waals surface area contributed by atoms with E-state index in [0.717, 1.165) is 6.42 Å².